The summed E-state index contributed by atoms with van der Waals surface area (Å²) in [6.45, 7) is 1.48. The Bertz CT molecular complexity index is 445. The van der Waals surface area contributed by atoms with Crippen LogP contribution in [-0.2, 0) is 11.3 Å². The van der Waals surface area contributed by atoms with E-state index in [1.54, 1.807) is 17.0 Å². The maximum Gasteiger partial charge on any atom is 0.239 e. The van der Waals surface area contributed by atoms with Crippen LogP contribution in [0.15, 0.2) is 18.2 Å². The molecular weight excluding hydrogens is 271 g/mol. The van der Waals surface area contributed by atoms with Crippen molar-refractivity contribution in [3.8, 4) is 0 Å². The summed E-state index contributed by atoms with van der Waals surface area (Å²) in [7, 11) is 1.81. The Labute approximate surface area is 117 Å². The van der Waals surface area contributed by atoms with E-state index in [2.05, 4.69) is 5.32 Å². The molecule has 1 heterocycles. The summed E-state index contributed by atoms with van der Waals surface area (Å²) in [6, 6.07) is 5.42. The summed E-state index contributed by atoms with van der Waals surface area (Å²) in [6.07, 6.45) is 1.99. The molecule has 1 aliphatic rings. The minimum Gasteiger partial charge on any atom is -0.340 e. The summed E-state index contributed by atoms with van der Waals surface area (Å²) in [5.41, 5.74) is 0.984. The molecule has 1 amide bonds. The lowest BCUT2D eigenvalue weighted by molar-refractivity contribution is -0.132. The highest BCUT2D eigenvalue weighted by Crippen LogP contribution is 2.23. The molecular formula is C13H16Cl2N2O. The SMILES string of the molecule is CN(Cc1ccc(Cl)c(Cl)c1)C(=O)[C@@H]1CCCN1. The zero-order valence-corrected chi connectivity index (χ0v) is 11.8. The standard InChI is InChI=1S/C13H16Cl2N2O/c1-17(13(18)12-3-2-6-16-12)8-9-4-5-10(14)11(15)7-9/h4-5,7,12,16H,2-3,6,8H2,1H3/t12-/m0/s1. The van der Waals surface area contributed by atoms with Gasteiger partial charge in [0.1, 0.15) is 0 Å². The molecule has 1 fully saturated rings. The molecule has 1 aromatic carbocycles. The van der Waals surface area contributed by atoms with Gasteiger partial charge in [-0.3, -0.25) is 4.79 Å². The number of nitrogens with one attached hydrogen (secondary N) is 1. The van der Waals surface area contributed by atoms with Crippen LogP contribution in [0, 0.1) is 0 Å². The van der Waals surface area contributed by atoms with Crippen molar-refractivity contribution in [2.75, 3.05) is 13.6 Å². The first kappa shape index (κ1) is 13.7. The third kappa shape index (κ3) is 3.16. The Balaban J connectivity index is 1.99. The molecule has 0 unspecified atom stereocenters. The summed E-state index contributed by atoms with van der Waals surface area (Å²) < 4.78 is 0. The molecule has 3 nitrogen and oxygen atoms in total. The third-order valence-electron chi connectivity index (χ3n) is 3.14. The molecule has 2 rings (SSSR count). The van der Waals surface area contributed by atoms with Crippen molar-refractivity contribution >= 4 is 29.1 Å². The monoisotopic (exact) mass is 286 g/mol. The van der Waals surface area contributed by atoms with Crippen molar-refractivity contribution < 1.29 is 4.79 Å². The van der Waals surface area contributed by atoms with Crippen LogP contribution in [0.1, 0.15) is 18.4 Å². The van der Waals surface area contributed by atoms with Gasteiger partial charge in [0.25, 0.3) is 0 Å². The maximum absolute atomic E-state index is 12.1. The maximum atomic E-state index is 12.1. The summed E-state index contributed by atoms with van der Waals surface area (Å²) in [4.78, 5) is 13.8. The van der Waals surface area contributed by atoms with Gasteiger partial charge in [-0.2, -0.15) is 0 Å². The fourth-order valence-corrected chi connectivity index (χ4v) is 2.47. The average molecular weight is 287 g/mol. The number of hydrogen-bond acceptors (Lipinski definition) is 2. The van der Waals surface area contributed by atoms with E-state index >= 15 is 0 Å². The fourth-order valence-electron chi connectivity index (χ4n) is 2.15. The summed E-state index contributed by atoms with van der Waals surface area (Å²) in [5, 5.41) is 4.26. The topological polar surface area (TPSA) is 32.3 Å². The van der Waals surface area contributed by atoms with E-state index < -0.39 is 0 Å². The second-order valence-electron chi connectivity index (χ2n) is 4.59. The highest BCUT2D eigenvalue weighted by molar-refractivity contribution is 6.42. The number of benzene rings is 1. The lowest BCUT2D eigenvalue weighted by atomic mass is 10.1. The number of nitrogens with zero attached hydrogens (tertiary/aromatic N) is 1. The number of amides is 1. The lowest BCUT2D eigenvalue weighted by Crippen LogP contribution is -2.41. The van der Waals surface area contributed by atoms with Crippen molar-refractivity contribution in [2.24, 2.45) is 0 Å². The van der Waals surface area contributed by atoms with Gasteiger partial charge < -0.3 is 10.2 Å². The normalized spacial score (nSPS) is 18.9. The molecule has 1 aromatic rings. The van der Waals surface area contributed by atoms with E-state index in [0.717, 1.165) is 24.9 Å². The highest BCUT2D eigenvalue weighted by atomic mass is 35.5. The Hall–Kier alpha value is -0.770. The van der Waals surface area contributed by atoms with Crippen LogP contribution in [0.3, 0.4) is 0 Å². The molecule has 98 valence electrons. The molecule has 18 heavy (non-hydrogen) atoms. The van der Waals surface area contributed by atoms with E-state index in [1.807, 2.05) is 13.1 Å². The molecule has 0 bridgehead atoms. The van der Waals surface area contributed by atoms with Gasteiger partial charge in [0.2, 0.25) is 5.91 Å². The van der Waals surface area contributed by atoms with Crippen LogP contribution >= 0.6 is 23.2 Å². The highest BCUT2D eigenvalue weighted by Gasteiger charge is 2.24. The number of halogens is 2. The van der Waals surface area contributed by atoms with Crippen molar-refractivity contribution in [3.63, 3.8) is 0 Å². The lowest BCUT2D eigenvalue weighted by Gasteiger charge is -2.21. The first-order chi connectivity index (χ1) is 8.58. The fraction of sp³-hybridized carbons (Fsp3) is 0.462. The molecule has 5 heteroatoms. The zero-order chi connectivity index (χ0) is 13.1. The van der Waals surface area contributed by atoms with E-state index in [9.17, 15) is 4.79 Å². The van der Waals surface area contributed by atoms with Gasteiger partial charge in [-0.1, -0.05) is 29.3 Å². The number of carbonyl (C=O) groups excluding carboxylic acids is 1. The molecule has 1 aliphatic heterocycles. The second kappa shape index (κ2) is 5.91. The van der Waals surface area contributed by atoms with Crippen molar-refractivity contribution in [1.29, 1.82) is 0 Å². The van der Waals surface area contributed by atoms with Gasteiger partial charge in [-0.15, -0.1) is 0 Å². The van der Waals surface area contributed by atoms with Crippen molar-refractivity contribution in [2.45, 2.75) is 25.4 Å². The van der Waals surface area contributed by atoms with Crippen LogP contribution in [0.5, 0.6) is 0 Å². The number of likely N-dealkylation sites (N-methyl/N-ethyl adjacent to an activating group) is 1. The summed E-state index contributed by atoms with van der Waals surface area (Å²) in [5.74, 6) is 0.138. The van der Waals surface area contributed by atoms with Crippen LogP contribution in [-0.4, -0.2) is 30.4 Å². The molecule has 1 saturated heterocycles. The van der Waals surface area contributed by atoms with E-state index in [1.165, 1.54) is 0 Å². The number of carbonyl (C=O) groups is 1. The second-order valence-corrected chi connectivity index (χ2v) is 5.41. The number of rotatable bonds is 3. The van der Waals surface area contributed by atoms with Gasteiger partial charge in [0, 0.05) is 13.6 Å². The predicted molar refractivity (Wildman–Crippen MR) is 74.0 cm³/mol. The molecule has 1 atom stereocenters. The van der Waals surface area contributed by atoms with E-state index in [-0.39, 0.29) is 11.9 Å². The van der Waals surface area contributed by atoms with Crippen LogP contribution < -0.4 is 5.32 Å². The van der Waals surface area contributed by atoms with Gasteiger partial charge in [0.15, 0.2) is 0 Å². The molecule has 0 spiro atoms. The van der Waals surface area contributed by atoms with Crippen LogP contribution in [0.2, 0.25) is 10.0 Å². The molecule has 0 radical (unpaired) electrons. The Morgan fingerprint density at radius 3 is 2.83 bits per heavy atom. The smallest absolute Gasteiger partial charge is 0.239 e. The van der Waals surface area contributed by atoms with Gasteiger partial charge in [-0.25, -0.2) is 0 Å². The van der Waals surface area contributed by atoms with Crippen LogP contribution in [0.25, 0.3) is 0 Å². The van der Waals surface area contributed by atoms with Gasteiger partial charge in [-0.05, 0) is 37.1 Å². The third-order valence-corrected chi connectivity index (χ3v) is 3.88. The first-order valence-electron chi connectivity index (χ1n) is 6.00. The van der Waals surface area contributed by atoms with Gasteiger partial charge >= 0.3 is 0 Å². The average Bonchev–Trinajstić information content (AvgIpc) is 2.86. The Morgan fingerprint density at radius 2 is 2.22 bits per heavy atom. The quantitative estimate of drug-likeness (QED) is 0.927. The molecule has 1 N–H and O–H groups in total. The Kier molecular flexibility index (Phi) is 4.49. The first-order valence-corrected chi connectivity index (χ1v) is 6.76. The summed E-state index contributed by atoms with van der Waals surface area (Å²) >= 11 is 11.8. The van der Waals surface area contributed by atoms with Crippen LogP contribution in [0.4, 0.5) is 0 Å². The molecule has 0 saturated carbocycles. The zero-order valence-electron chi connectivity index (χ0n) is 10.2. The minimum atomic E-state index is -0.0298. The number of hydrogen-bond donors (Lipinski definition) is 1. The van der Waals surface area contributed by atoms with Crippen molar-refractivity contribution in [1.82, 2.24) is 10.2 Å². The van der Waals surface area contributed by atoms with E-state index in [0.29, 0.717) is 16.6 Å². The Morgan fingerprint density at radius 1 is 1.44 bits per heavy atom. The van der Waals surface area contributed by atoms with E-state index in [4.69, 9.17) is 23.2 Å². The minimum absolute atomic E-state index is 0.0298. The van der Waals surface area contributed by atoms with Gasteiger partial charge in [0.05, 0.1) is 16.1 Å². The van der Waals surface area contributed by atoms with Crippen molar-refractivity contribution in [3.05, 3.63) is 33.8 Å². The largest absolute Gasteiger partial charge is 0.340 e. The molecule has 0 aromatic heterocycles. The molecule has 0 aliphatic carbocycles. The predicted octanol–water partition coefficient (Wildman–Crippen LogP) is 2.70.